The van der Waals surface area contributed by atoms with Gasteiger partial charge in [0.2, 0.25) is 0 Å². The maximum Gasteiger partial charge on any atom is 1.00 e. The van der Waals surface area contributed by atoms with Crippen LogP contribution < -0.4 is 29.6 Å². The Hall–Kier alpha value is 0.870. The SMILES string of the molecule is O=S(=O)([O-])CCC1CC2CC3CC(C2)CC1(O)C3.[Na+]. The first kappa shape index (κ1) is 16.2. The fourth-order valence-corrected chi connectivity index (χ4v) is 5.51. The Morgan fingerprint density at radius 2 is 1.58 bits per heavy atom. The molecule has 0 aromatic heterocycles. The first-order valence-corrected chi connectivity index (χ1v) is 8.58. The van der Waals surface area contributed by atoms with Gasteiger partial charge in [-0.1, -0.05) is 0 Å². The topological polar surface area (TPSA) is 77.4 Å². The molecule has 19 heavy (non-hydrogen) atoms. The number of hydrogen-bond acceptors (Lipinski definition) is 4. The van der Waals surface area contributed by atoms with E-state index in [1.54, 1.807) is 0 Å². The predicted molar refractivity (Wildman–Crippen MR) is 65.8 cm³/mol. The van der Waals surface area contributed by atoms with Gasteiger partial charge in [-0.2, -0.15) is 0 Å². The van der Waals surface area contributed by atoms with E-state index in [2.05, 4.69) is 0 Å². The van der Waals surface area contributed by atoms with E-state index in [1.807, 2.05) is 0 Å². The van der Waals surface area contributed by atoms with Gasteiger partial charge in [0.15, 0.2) is 0 Å². The van der Waals surface area contributed by atoms with E-state index in [4.69, 9.17) is 0 Å². The Kier molecular flexibility index (Phi) is 4.77. The van der Waals surface area contributed by atoms with Crippen molar-refractivity contribution in [1.29, 1.82) is 0 Å². The third kappa shape index (κ3) is 3.55. The summed E-state index contributed by atoms with van der Waals surface area (Å²) in [6.45, 7) is 0. The van der Waals surface area contributed by atoms with Crippen LogP contribution in [0, 0.1) is 23.7 Å². The van der Waals surface area contributed by atoms with Crippen molar-refractivity contribution in [1.82, 2.24) is 0 Å². The number of rotatable bonds is 3. The molecule has 104 valence electrons. The molecule has 0 aromatic carbocycles. The van der Waals surface area contributed by atoms with Crippen molar-refractivity contribution in [2.45, 2.75) is 50.5 Å². The fourth-order valence-electron chi connectivity index (χ4n) is 4.94. The van der Waals surface area contributed by atoms with Crippen molar-refractivity contribution >= 4 is 10.1 Å². The van der Waals surface area contributed by atoms with Gasteiger partial charge in [-0.05, 0) is 68.6 Å². The van der Waals surface area contributed by atoms with Crippen molar-refractivity contribution < 1.29 is 47.6 Å². The second-order valence-corrected chi connectivity index (χ2v) is 8.32. The van der Waals surface area contributed by atoms with E-state index in [9.17, 15) is 18.1 Å². The van der Waals surface area contributed by atoms with Crippen molar-refractivity contribution in [2.75, 3.05) is 5.75 Å². The summed E-state index contributed by atoms with van der Waals surface area (Å²) >= 11 is 0. The number of hydrogen-bond donors (Lipinski definition) is 1. The molecule has 1 N–H and O–H groups in total. The molecule has 4 saturated carbocycles. The van der Waals surface area contributed by atoms with Gasteiger partial charge in [-0.25, -0.2) is 8.42 Å². The average molecular weight is 296 g/mol. The molecule has 4 fully saturated rings. The average Bonchev–Trinajstić information content (AvgIpc) is 2.34. The second-order valence-electron chi connectivity index (χ2n) is 6.80. The summed E-state index contributed by atoms with van der Waals surface area (Å²) in [7, 11) is -4.15. The summed E-state index contributed by atoms with van der Waals surface area (Å²) in [6, 6.07) is 0. The van der Waals surface area contributed by atoms with Gasteiger partial charge >= 0.3 is 29.6 Å². The zero-order valence-electron chi connectivity index (χ0n) is 11.5. The first-order chi connectivity index (χ1) is 8.34. The third-order valence-electron chi connectivity index (χ3n) is 5.38. The van der Waals surface area contributed by atoms with Crippen LogP contribution in [-0.4, -0.2) is 29.4 Å². The minimum atomic E-state index is -4.15. The summed E-state index contributed by atoms with van der Waals surface area (Å²) < 4.78 is 32.4. The predicted octanol–water partition coefficient (Wildman–Crippen LogP) is -1.50. The molecule has 4 aliphatic rings. The van der Waals surface area contributed by atoms with Crippen LogP contribution in [0.2, 0.25) is 0 Å². The summed E-state index contributed by atoms with van der Waals surface area (Å²) in [5.74, 6) is 1.59. The van der Waals surface area contributed by atoms with Crippen LogP contribution in [0.4, 0.5) is 0 Å². The Morgan fingerprint density at radius 3 is 2.11 bits per heavy atom. The normalized spacial score (nSPS) is 44.7. The molecule has 0 spiro atoms. The van der Waals surface area contributed by atoms with E-state index in [1.165, 1.54) is 19.3 Å². The third-order valence-corrected chi connectivity index (χ3v) is 6.11. The Balaban J connectivity index is 0.00000133. The van der Waals surface area contributed by atoms with Gasteiger partial charge in [0.1, 0.15) is 0 Å². The maximum atomic E-state index is 10.8. The molecule has 0 amide bonds. The van der Waals surface area contributed by atoms with Crippen LogP contribution in [0.15, 0.2) is 0 Å². The quantitative estimate of drug-likeness (QED) is 0.508. The van der Waals surface area contributed by atoms with Crippen LogP contribution in [0.3, 0.4) is 0 Å². The molecule has 3 unspecified atom stereocenters. The molecule has 0 radical (unpaired) electrons. The zero-order valence-corrected chi connectivity index (χ0v) is 14.4. The Labute approximate surface area is 137 Å². The van der Waals surface area contributed by atoms with Crippen molar-refractivity contribution in [3.05, 3.63) is 0 Å². The molecule has 4 nitrogen and oxygen atoms in total. The second kappa shape index (κ2) is 5.58. The molecule has 0 aliphatic heterocycles. The summed E-state index contributed by atoms with van der Waals surface area (Å²) in [6.07, 6.45) is 6.54. The molecule has 4 rings (SSSR count). The Morgan fingerprint density at radius 1 is 1.05 bits per heavy atom. The van der Waals surface area contributed by atoms with E-state index < -0.39 is 15.7 Å². The smallest absolute Gasteiger partial charge is 0.748 e. The largest absolute Gasteiger partial charge is 1.00 e. The molecular weight excluding hydrogens is 275 g/mol. The minimum absolute atomic E-state index is 0. The van der Waals surface area contributed by atoms with Crippen LogP contribution in [0.5, 0.6) is 0 Å². The van der Waals surface area contributed by atoms with Crippen molar-refractivity contribution in [3.8, 4) is 0 Å². The fraction of sp³-hybridized carbons (Fsp3) is 1.00. The van der Waals surface area contributed by atoms with E-state index in [0.29, 0.717) is 24.2 Å². The summed E-state index contributed by atoms with van der Waals surface area (Å²) in [5, 5.41) is 10.8. The molecule has 3 atom stereocenters. The maximum absolute atomic E-state index is 10.8. The standard InChI is InChI=1S/C13H22O4S.Na/c14-13-7-10-3-9(4-11(5-10)8-13)6-12(13)1-2-18(15,16)17;/h9-12,14H,1-8H2,(H,15,16,17);/q;+1/p-1. The van der Waals surface area contributed by atoms with Gasteiger partial charge in [0.05, 0.1) is 15.7 Å². The zero-order chi connectivity index (χ0) is 13.0. The van der Waals surface area contributed by atoms with Gasteiger partial charge in [0, 0.05) is 5.75 Å². The Bertz CT molecular complexity index is 422. The molecule has 6 heteroatoms. The van der Waals surface area contributed by atoms with Crippen LogP contribution in [0.1, 0.15) is 44.9 Å². The van der Waals surface area contributed by atoms with Crippen LogP contribution in [0.25, 0.3) is 0 Å². The molecular formula is C13H21NaO4S. The molecule has 0 aromatic rings. The van der Waals surface area contributed by atoms with E-state index in [0.717, 1.165) is 19.3 Å². The molecule has 4 aliphatic carbocycles. The van der Waals surface area contributed by atoms with Crippen LogP contribution in [-0.2, 0) is 10.1 Å². The summed E-state index contributed by atoms with van der Waals surface area (Å²) in [4.78, 5) is 0. The van der Waals surface area contributed by atoms with Gasteiger partial charge < -0.3 is 9.66 Å². The molecule has 0 heterocycles. The van der Waals surface area contributed by atoms with Crippen LogP contribution >= 0.6 is 0 Å². The monoisotopic (exact) mass is 296 g/mol. The van der Waals surface area contributed by atoms with Gasteiger partial charge in [0.25, 0.3) is 0 Å². The van der Waals surface area contributed by atoms with Crippen molar-refractivity contribution in [3.63, 3.8) is 0 Å². The minimum Gasteiger partial charge on any atom is -0.748 e. The van der Waals surface area contributed by atoms with Gasteiger partial charge in [-0.3, -0.25) is 0 Å². The van der Waals surface area contributed by atoms with E-state index in [-0.39, 0.29) is 41.2 Å². The number of fused-ring (bicyclic) bond motifs is 1. The van der Waals surface area contributed by atoms with E-state index >= 15 is 0 Å². The van der Waals surface area contributed by atoms with Gasteiger partial charge in [-0.15, -0.1) is 0 Å². The molecule has 4 bridgehead atoms. The number of aliphatic hydroxyl groups is 1. The first-order valence-electron chi connectivity index (χ1n) is 7.00. The van der Waals surface area contributed by atoms with Crippen molar-refractivity contribution in [2.24, 2.45) is 23.7 Å². The molecule has 0 saturated heterocycles. The summed E-state index contributed by atoms with van der Waals surface area (Å²) in [5.41, 5.74) is -0.691.